The summed E-state index contributed by atoms with van der Waals surface area (Å²) in [7, 11) is 3.45. The molecule has 3 heteroatoms. The predicted octanol–water partition coefficient (Wildman–Crippen LogP) is 3.57. The van der Waals surface area contributed by atoms with Crippen molar-refractivity contribution in [1.82, 2.24) is 0 Å². The van der Waals surface area contributed by atoms with Gasteiger partial charge in [-0.05, 0) is 55.3 Å². The second-order valence-electron chi connectivity index (χ2n) is 5.80. The van der Waals surface area contributed by atoms with E-state index in [1.54, 1.807) is 14.2 Å². The van der Waals surface area contributed by atoms with Crippen LogP contribution in [-0.2, 0) is 0 Å². The molecule has 3 unspecified atom stereocenters. The first-order valence-corrected chi connectivity index (χ1v) is 7.65. The Hall–Kier alpha value is -1.22. The van der Waals surface area contributed by atoms with Crippen molar-refractivity contribution >= 4 is 0 Å². The van der Waals surface area contributed by atoms with Crippen LogP contribution in [-0.4, -0.2) is 20.8 Å². The summed E-state index contributed by atoms with van der Waals surface area (Å²) in [4.78, 5) is 0. The molecule has 0 radical (unpaired) electrons. The molecule has 0 amide bonds. The molecule has 112 valence electrons. The fraction of sp³-hybridized carbons (Fsp3) is 0.647. The second-order valence-corrected chi connectivity index (χ2v) is 5.80. The van der Waals surface area contributed by atoms with Gasteiger partial charge in [0.05, 0.1) is 14.2 Å². The number of hydrogen-bond acceptors (Lipinski definition) is 3. The van der Waals surface area contributed by atoms with Crippen LogP contribution in [0.15, 0.2) is 18.2 Å². The number of methoxy groups -OCH3 is 2. The Morgan fingerprint density at radius 2 is 2.00 bits per heavy atom. The number of benzene rings is 1. The average molecular weight is 277 g/mol. The third-order valence-corrected chi connectivity index (χ3v) is 4.82. The van der Waals surface area contributed by atoms with Gasteiger partial charge >= 0.3 is 0 Å². The zero-order chi connectivity index (χ0) is 14.5. The van der Waals surface area contributed by atoms with Gasteiger partial charge in [-0.1, -0.05) is 19.8 Å². The van der Waals surface area contributed by atoms with E-state index in [4.69, 9.17) is 15.2 Å². The van der Waals surface area contributed by atoms with Crippen molar-refractivity contribution in [3.8, 4) is 11.5 Å². The van der Waals surface area contributed by atoms with Crippen LogP contribution in [0, 0.1) is 11.8 Å². The summed E-state index contributed by atoms with van der Waals surface area (Å²) in [6, 6.07) is 6.10. The van der Waals surface area contributed by atoms with E-state index in [9.17, 15) is 0 Å². The van der Waals surface area contributed by atoms with Gasteiger partial charge in [0.15, 0.2) is 0 Å². The topological polar surface area (TPSA) is 44.5 Å². The lowest BCUT2D eigenvalue weighted by molar-refractivity contribution is 0.231. The zero-order valence-corrected chi connectivity index (χ0v) is 12.9. The minimum Gasteiger partial charge on any atom is -0.497 e. The highest BCUT2D eigenvalue weighted by Gasteiger charge is 2.32. The molecule has 1 fully saturated rings. The lowest BCUT2D eigenvalue weighted by Crippen LogP contribution is -2.29. The van der Waals surface area contributed by atoms with Crippen molar-refractivity contribution in [3.05, 3.63) is 23.8 Å². The van der Waals surface area contributed by atoms with Crippen molar-refractivity contribution in [3.63, 3.8) is 0 Å². The summed E-state index contributed by atoms with van der Waals surface area (Å²) < 4.78 is 10.9. The predicted molar refractivity (Wildman–Crippen MR) is 82.5 cm³/mol. The van der Waals surface area contributed by atoms with Gasteiger partial charge in [-0.3, -0.25) is 0 Å². The zero-order valence-electron chi connectivity index (χ0n) is 12.9. The monoisotopic (exact) mass is 277 g/mol. The molecule has 0 aliphatic heterocycles. The molecule has 0 saturated heterocycles. The van der Waals surface area contributed by atoms with Crippen LogP contribution in [0.25, 0.3) is 0 Å². The van der Waals surface area contributed by atoms with Gasteiger partial charge in [0.1, 0.15) is 11.5 Å². The van der Waals surface area contributed by atoms with Crippen LogP contribution in [0.3, 0.4) is 0 Å². The van der Waals surface area contributed by atoms with Gasteiger partial charge in [-0.2, -0.15) is 0 Å². The Balaban J connectivity index is 2.34. The van der Waals surface area contributed by atoms with Crippen LogP contribution in [0.4, 0.5) is 0 Å². The first kappa shape index (κ1) is 15.2. The summed E-state index contributed by atoms with van der Waals surface area (Å²) in [6.45, 7) is 3.04. The van der Waals surface area contributed by atoms with Gasteiger partial charge in [-0.15, -0.1) is 0 Å². The largest absolute Gasteiger partial charge is 0.497 e. The lowest BCUT2D eigenvalue weighted by atomic mass is 9.70. The molecule has 3 nitrogen and oxygen atoms in total. The van der Waals surface area contributed by atoms with E-state index in [1.165, 1.54) is 31.2 Å². The van der Waals surface area contributed by atoms with Crippen molar-refractivity contribution in [2.75, 3.05) is 20.8 Å². The Labute approximate surface area is 122 Å². The Morgan fingerprint density at radius 1 is 1.20 bits per heavy atom. The first-order chi connectivity index (χ1) is 9.73. The maximum atomic E-state index is 6.01. The van der Waals surface area contributed by atoms with E-state index in [1.807, 2.05) is 12.1 Å². The molecule has 2 rings (SSSR count). The molecule has 0 spiro atoms. The molecule has 3 atom stereocenters. The van der Waals surface area contributed by atoms with E-state index in [0.29, 0.717) is 11.8 Å². The smallest absolute Gasteiger partial charge is 0.122 e. The number of nitrogens with two attached hydrogens (primary N) is 1. The van der Waals surface area contributed by atoms with E-state index < -0.39 is 0 Å². The Kier molecular flexibility index (Phi) is 5.30. The van der Waals surface area contributed by atoms with Gasteiger partial charge in [0, 0.05) is 5.56 Å². The van der Waals surface area contributed by atoms with Crippen LogP contribution >= 0.6 is 0 Å². The van der Waals surface area contributed by atoms with E-state index in [0.717, 1.165) is 24.0 Å². The molecule has 1 saturated carbocycles. The summed E-state index contributed by atoms with van der Waals surface area (Å²) in [5.41, 5.74) is 7.27. The Bertz CT molecular complexity index is 433. The van der Waals surface area contributed by atoms with E-state index in [2.05, 4.69) is 13.0 Å². The van der Waals surface area contributed by atoms with Crippen LogP contribution < -0.4 is 15.2 Å². The lowest BCUT2D eigenvalue weighted by Gasteiger charge is -2.36. The SMILES string of the molecule is CCC1CCC(CN)C(c2cc(OC)ccc2OC)C1. The summed E-state index contributed by atoms with van der Waals surface area (Å²) in [6.07, 6.45) is 4.99. The fourth-order valence-corrected chi connectivity index (χ4v) is 3.48. The number of hydrogen-bond donors (Lipinski definition) is 1. The minimum absolute atomic E-state index is 0.490. The van der Waals surface area contributed by atoms with E-state index in [-0.39, 0.29) is 0 Å². The standard InChI is InChI=1S/C17H27NO2/c1-4-12-5-6-13(11-18)15(9-12)16-10-14(19-2)7-8-17(16)20-3/h7-8,10,12-13,15H,4-6,9,11,18H2,1-3H3. The van der Waals surface area contributed by atoms with Gasteiger partial charge in [0.25, 0.3) is 0 Å². The maximum Gasteiger partial charge on any atom is 0.122 e. The van der Waals surface area contributed by atoms with Gasteiger partial charge in [0.2, 0.25) is 0 Å². The number of rotatable bonds is 5. The van der Waals surface area contributed by atoms with Crippen molar-refractivity contribution in [1.29, 1.82) is 0 Å². The quantitative estimate of drug-likeness (QED) is 0.894. The molecule has 1 aromatic rings. The third kappa shape index (κ3) is 3.09. The van der Waals surface area contributed by atoms with Crippen molar-refractivity contribution < 1.29 is 9.47 Å². The molecule has 1 aromatic carbocycles. The molecule has 0 bridgehead atoms. The van der Waals surface area contributed by atoms with Gasteiger partial charge < -0.3 is 15.2 Å². The molecule has 1 aliphatic rings. The summed E-state index contributed by atoms with van der Waals surface area (Å²) >= 11 is 0. The molecule has 20 heavy (non-hydrogen) atoms. The average Bonchev–Trinajstić information content (AvgIpc) is 2.53. The highest BCUT2D eigenvalue weighted by molar-refractivity contribution is 5.43. The Morgan fingerprint density at radius 3 is 2.60 bits per heavy atom. The first-order valence-electron chi connectivity index (χ1n) is 7.65. The normalized spacial score (nSPS) is 26.3. The fourth-order valence-electron chi connectivity index (χ4n) is 3.48. The summed E-state index contributed by atoms with van der Waals surface area (Å²) in [5, 5.41) is 0. The maximum absolute atomic E-state index is 6.01. The van der Waals surface area contributed by atoms with Crippen LogP contribution in [0.1, 0.15) is 44.1 Å². The van der Waals surface area contributed by atoms with Crippen molar-refractivity contribution in [2.24, 2.45) is 17.6 Å². The second kappa shape index (κ2) is 6.98. The van der Waals surface area contributed by atoms with Gasteiger partial charge in [-0.25, -0.2) is 0 Å². The number of ether oxygens (including phenoxy) is 2. The highest BCUT2D eigenvalue weighted by atomic mass is 16.5. The molecular formula is C17H27NO2. The molecule has 2 N–H and O–H groups in total. The molecular weight excluding hydrogens is 250 g/mol. The highest BCUT2D eigenvalue weighted by Crippen LogP contribution is 2.45. The molecule has 0 aromatic heterocycles. The summed E-state index contributed by atoms with van der Waals surface area (Å²) in [5.74, 6) is 3.71. The van der Waals surface area contributed by atoms with E-state index >= 15 is 0 Å². The minimum atomic E-state index is 0.490. The molecule has 1 aliphatic carbocycles. The molecule has 0 heterocycles. The van der Waals surface area contributed by atoms with Crippen LogP contribution in [0.5, 0.6) is 11.5 Å². The third-order valence-electron chi connectivity index (χ3n) is 4.82. The van der Waals surface area contributed by atoms with Crippen LogP contribution in [0.2, 0.25) is 0 Å². The van der Waals surface area contributed by atoms with Crippen molar-refractivity contribution in [2.45, 2.75) is 38.5 Å².